The lowest BCUT2D eigenvalue weighted by Crippen LogP contribution is -2.01. The number of hydrogen-bond acceptors (Lipinski definition) is 3. The molecule has 0 saturated carbocycles. The van der Waals surface area contributed by atoms with E-state index in [9.17, 15) is 0 Å². The van der Waals surface area contributed by atoms with Crippen molar-refractivity contribution in [2.75, 3.05) is 0 Å². The van der Waals surface area contributed by atoms with E-state index in [1.807, 2.05) is 32.2 Å². The van der Waals surface area contributed by atoms with Crippen LogP contribution in [0.25, 0.3) is 0 Å². The monoisotopic (exact) mass is 203 g/mol. The fourth-order valence-corrected chi connectivity index (χ4v) is 1.17. The quantitative estimate of drug-likeness (QED) is 0.766. The van der Waals surface area contributed by atoms with Crippen LogP contribution in [0.2, 0.25) is 0 Å². The Morgan fingerprint density at radius 1 is 1.53 bits per heavy atom. The summed E-state index contributed by atoms with van der Waals surface area (Å²) in [6.45, 7) is 5.88. The van der Waals surface area contributed by atoms with Gasteiger partial charge in [-0.2, -0.15) is 0 Å². The summed E-state index contributed by atoms with van der Waals surface area (Å²) in [5.41, 5.74) is 8.61. The Hall–Kier alpha value is -1.64. The molecule has 0 atom stereocenters. The maximum Gasteiger partial charge on any atom is 0.119 e. The van der Waals surface area contributed by atoms with E-state index in [0.29, 0.717) is 5.82 Å². The van der Waals surface area contributed by atoms with E-state index in [1.54, 1.807) is 6.08 Å². The number of hydrogen-bond donors (Lipinski definition) is 1. The van der Waals surface area contributed by atoms with E-state index < -0.39 is 0 Å². The number of rotatable bonds is 3. The van der Waals surface area contributed by atoms with Gasteiger partial charge < -0.3 is 5.73 Å². The van der Waals surface area contributed by atoms with Gasteiger partial charge in [-0.1, -0.05) is 6.92 Å². The van der Waals surface area contributed by atoms with Gasteiger partial charge in [-0.15, -0.1) is 0 Å². The number of allylic oxidation sites excluding steroid dienone is 1. The van der Waals surface area contributed by atoms with Gasteiger partial charge in [-0.25, -0.2) is 4.99 Å². The molecule has 0 saturated heterocycles. The average molecular weight is 203 g/mol. The molecule has 15 heavy (non-hydrogen) atoms. The number of aromatic nitrogens is 1. The Morgan fingerprint density at radius 2 is 2.27 bits per heavy atom. The third kappa shape index (κ3) is 3.20. The lowest BCUT2D eigenvalue weighted by Gasteiger charge is -2.01. The van der Waals surface area contributed by atoms with Crippen LogP contribution in [0.5, 0.6) is 0 Å². The molecule has 80 valence electrons. The molecule has 0 amide bonds. The van der Waals surface area contributed by atoms with Crippen molar-refractivity contribution in [3.05, 3.63) is 41.5 Å². The van der Waals surface area contributed by atoms with Crippen molar-refractivity contribution in [1.29, 1.82) is 0 Å². The Balaban J connectivity index is 2.92. The van der Waals surface area contributed by atoms with Gasteiger partial charge in [0.1, 0.15) is 5.82 Å². The van der Waals surface area contributed by atoms with E-state index in [0.717, 1.165) is 23.4 Å². The van der Waals surface area contributed by atoms with Gasteiger partial charge in [0, 0.05) is 23.2 Å². The maximum atomic E-state index is 5.62. The zero-order chi connectivity index (χ0) is 11.3. The molecule has 0 aliphatic carbocycles. The van der Waals surface area contributed by atoms with Crippen molar-refractivity contribution < 1.29 is 0 Å². The van der Waals surface area contributed by atoms with Crippen molar-refractivity contribution in [2.45, 2.75) is 27.2 Å². The van der Waals surface area contributed by atoms with Crippen LogP contribution in [0, 0.1) is 0 Å². The summed E-state index contributed by atoms with van der Waals surface area (Å²) in [6.07, 6.45) is 4.56. The molecular formula is C12H17N3. The third-order valence-corrected chi connectivity index (χ3v) is 2.20. The molecule has 1 rings (SSSR count). The Labute approximate surface area is 90.8 Å². The molecule has 1 aromatic rings. The molecule has 0 radical (unpaired) electrons. The SMILES string of the molecule is C/C=C(/N)N=C(C)c1ccc(CC)nc1. The van der Waals surface area contributed by atoms with E-state index in [4.69, 9.17) is 5.73 Å². The van der Waals surface area contributed by atoms with Gasteiger partial charge in [-0.3, -0.25) is 4.98 Å². The normalized spacial score (nSPS) is 13.0. The molecular weight excluding hydrogens is 186 g/mol. The highest BCUT2D eigenvalue weighted by Gasteiger charge is 1.98. The smallest absolute Gasteiger partial charge is 0.119 e. The Kier molecular flexibility index (Phi) is 4.03. The molecule has 0 spiro atoms. The first-order chi connectivity index (χ1) is 7.17. The zero-order valence-corrected chi connectivity index (χ0v) is 9.49. The lowest BCUT2D eigenvalue weighted by molar-refractivity contribution is 1.03. The summed E-state index contributed by atoms with van der Waals surface area (Å²) in [5, 5.41) is 0. The fourth-order valence-electron chi connectivity index (χ4n) is 1.17. The molecule has 0 aliphatic heterocycles. The number of aryl methyl sites for hydroxylation is 1. The van der Waals surface area contributed by atoms with Crippen molar-refractivity contribution >= 4 is 5.71 Å². The predicted octanol–water partition coefficient (Wildman–Crippen LogP) is 2.27. The maximum absolute atomic E-state index is 5.62. The van der Waals surface area contributed by atoms with Crippen molar-refractivity contribution in [1.82, 2.24) is 4.98 Å². The predicted molar refractivity (Wildman–Crippen MR) is 63.8 cm³/mol. The van der Waals surface area contributed by atoms with E-state index >= 15 is 0 Å². The minimum Gasteiger partial charge on any atom is -0.384 e. The minimum absolute atomic E-state index is 0.534. The summed E-state index contributed by atoms with van der Waals surface area (Å²) in [6, 6.07) is 4.04. The van der Waals surface area contributed by atoms with Crippen LogP contribution >= 0.6 is 0 Å². The van der Waals surface area contributed by atoms with E-state index in [-0.39, 0.29) is 0 Å². The molecule has 1 heterocycles. The minimum atomic E-state index is 0.534. The van der Waals surface area contributed by atoms with Gasteiger partial charge in [0.05, 0.1) is 0 Å². The number of aliphatic imine (C=N–C) groups is 1. The van der Waals surface area contributed by atoms with Crippen LogP contribution in [-0.4, -0.2) is 10.7 Å². The molecule has 1 aromatic heterocycles. The Morgan fingerprint density at radius 3 is 2.73 bits per heavy atom. The van der Waals surface area contributed by atoms with Crippen LogP contribution in [0.15, 0.2) is 35.2 Å². The standard InChI is InChI=1S/C12H17N3/c1-4-11-7-6-10(8-14-11)9(3)15-12(13)5-2/h5-8H,4,13H2,1-3H3/b12-5-,15-9?. The summed E-state index contributed by atoms with van der Waals surface area (Å²) < 4.78 is 0. The number of nitrogens with two attached hydrogens (primary N) is 1. The molecule has 0 aromatic carbocycles. The van der Waals surface area contributed by atoms with E-state index in [1.165, 1.54) is 0 Å². The fraction of sp³-hybridized carbons (Fsp3) is 0.333. The highest BCUT2D eigenvalue weighted by atomic mass is 14.9. The first-order valence-corrected chi connectivity index (χ1v) is 5.09. The summed E-state index contributed by atoms with van der Waals surface area (Å²) in [7, 11) is 0. The average Bonchev–Trinajstić information content (AvgIpc) is 2.29. The van der Waals surface area contributed by atoms with E-state index in [2.05, 4.69) is 16.9 Å². The van der Waals surface area contributed by atoms with Crippen LogP contribution in [0.4, 0.5) is 0 Å². The molecule has 0 bridgehead atoms. The number of pyridine rings is 1. The van der Waals surface area contributed by atoms with Crippen LogP contribution < -0.4 is 5.73 Å². The lowest BCUT2D eigenvalue weighted by atomic mass is 10.1. The second-order valence-electron chi connectivity index (χ2n) is 3.30. The topological polar surface area (TPSA) is 51.3 Å². The van der Waals surface area contributed by atoms with Gasteiger partial charge in [0.25, 0.3) is 0 Å². The van der Waals surface area contributed by atoms with Gasteiger partial charge in [0.15, 0.2) is 0 Å². The van der Waals surface area contributed by atoms with Crippen LogP contribution in [0.3, 0.4) is 0 Å². The first kappa shape index (κ1) is 11.4. The zero-order valence-electron chi connectivity index (χ0n) is 9.49. The summed E-state index contributed by atoms with van der Waals surface area (Å²) in [5.74, 6) is 0.534. The van der Waals surface area contributed by atoms with Crippen LogP contribution in [0.1, 0.15) is 32.0 Å². The molecule has 2 N–H and O–H groups in total. The van der Waals surface area contributed by atoms with Crippen LogP contribution in [-0.2, 0) is 6.42 Å². The first-order valence-electron chi connectivity index (χ1n) is 5.09. The largest absolute Gasteiger partial charge is 0.384 e. The molecule has 0 aliphatic rings. The second-order valence-corrected chi connectivity index (χ2v) is 3.30. The van der Waals surface area contributed by atoms with Gasteiger partial charge in [-0.05, 0) is 38.5 Å². The molecule has 3 heteroatoms. The van der Waals surface area contributed by atoms with Crippen molar-refractivity contribution in [3.8, 4) is 0 Å². The summed E-state index contributed by atoms with van der Waals surface area (Å²) in [4.78, 5) is 8.55. The molecule has 0 unspecified atom stereocenters. The number of nitrogens with zero attached hydrogens (tertiary/aromatic N) is 2. The highest BCUT2D eigenvalue weighted by molar-refractivity contribution is 5.98. The Bertz CT molecular complexity index is 374. The van der Waals surface area contributed by atoms with Crippen molar-refractivity contribution in [3.63, 3.8) is 0 Å². The van der Waals surface area contributed by atoms with Gasteiger partial charge >= 0.3 is 0 Å². The van der Waals surface area contributed by atoms with Gasteiger partial charge in [0.2, 0.25) is 0 Å². The van der Waals surface area contributed by atoms with Crippen molar-refractivity contribution in [2.24, 2.45) is 10.7 Å². The summed E-state index contributed by atoms with van der Waals surface area (Å²) >= 11 is 0. The molecule has 0 fully saturated rings. The third-order valence-electron chi connectivity index (χ3n) is 2.20. The highest BCUT2D eigenvalue weighted by Crippen LogP contribution is 2.04. The molecule has 3 nitrogen and oxygen atoms in total. The second kappa shape index (κ2) is 5.29.